The number of rotatable bonds is 5. The minimum Gasteiger partial charge on any atom is -0.399 e. The number of carbonyl (C=O) groups excluding carboxylic acids is 1. The number of hydrogen-bond acceptors (Lipinski definition) is 5. The maximum atomic E-state index is 11.5. The Kier molecular flexibility index (Phi) is 4.28. The van der Waals surface area contributed by atoms with Gasteiger partial charge in [0.2, 0.25) is 12.3 Å². The second-order valence-corrected chi connectivity index (χ2v) is 3.89. The van der Waals surface area contributed by atoms with Gasteiger partial charge in [0.25, 0.3) is 0 Å². The summed E-state index contributed by atoms with van der Waals surface area (Å²) >= 11 is 0. The first kappa shape index (κ1) is 12.8. The van der Waals surface area contributed by atoms with Gasteiger partial charge in [-0.1, -0.05) is 17.3 Å². The van der Waals surface area contributed by atoms with Crippen molar-refractivity contribution in [2.45, 2.75) is 6.42 Å². The van der Waals surface area contributed by atoms with Crippen LogP contribution in [0.1, 0.15) is 11.4 Å². The highest BCUT2D eigenvalue weighted by molar-refractivity contribution is 5.91. The number of nitrogens with zero attached hydrogens (tertiary/aromatic N) is 2. The number of carbonyl (C=O) groups is 1. The van der Waals surface area contributed by atoms with Crippen molar-refractivity contribution in [3.63, 3.8) is 0 Å². The predicted molar refractivity (Wildman–Crippen MR) is 70.9 cm³/mol. The molecule has 0 aliphatic rings. The van der Waals surface area contributed by atoms with E-state index in [0.29, 0.717) is 24.5 Å². The van der Waals surface area contributed by atoms with Gasteiger partial charge in [-0.2, -0.15) is 4.98 Å². The van der Waals surface area contributed by atoms with Gasteiger partial charge in [0.05, 0.1) is 0 Å². The third-order valence-electron chi connectivity index (χ3n) is 2.42. The SMILES string of the molecule is Nc1ccc(/C=C/C(=O)NCCc2ncon2)cc1. The van der Waals surface area contributed by atoms with Crippen LogP contribution in [0.3, 0.4) is 0 Å². The molecule has 0 spiro atoms. The lowest BCUT2D eigenvalue weighted by Crippen LogP contribution is -2.23. The molecule has 6 nitrogen and oxygen atoms in total. The van der Waals surface area contributed by atoms with Crippen LogP contribution in [0, 0.1) is 0 Å². The summed E-state index contributed by atoms with van der Waals surface area (Å²) in [5.41, 5.74) is 7.19. The largest absolute Gasteiger partial charge is 0.399 e. The fraction of sp³-hybridized carbons (Fsp3) is 0.154. The van der Waals surface area contributed by atoms with Crippen molar-refractivity contribution in [1.82, 2.24) is 15.5 Å². The van der Waals surface area contributed by atoms with Gasteiger partial charge in [-0.25, -0.2) is 0 Å². The molecule has 0 fully saturated rings. The highest BCUT2D eigenvalue weighted by Gasteiger charge is 1.99. The summed E-state index contributed by atoms with van der Waals surface area (Å²) in [6.45, 7) is 0.463. The molecule has 0 radical (unpaired) electrons. The van der Waals surface area contributed by atoms with Crippen LogP contribution in [0.2, 0.25) is 0 Å². The monoisotopic (exact) mass is 258 g/mol. The second-order valence-electron chi connectivity index (χ2n) is 3.89. The van der Waals surface area contributed by atoms with Gasteiger partial charge in [-0.3, -0.25) is 4.79 Å². The highest BCUT2D eigenvalue weighted by Crippen LogP contribution is 2.06. The Bertz CT molecular complexity index is 547. The average molecular weight is 258 g/mol. The van der Waals surface area contributed by atoms with Crippen molar-refractivity contribution in [1.29, 1.82) is 0 Å². The van der Waals surface area contributed by atoms with Gasteiger partial charge in [-0.15, -0.1) is 0 Å². The summed E-state index contributed by atoms with van der Waals surface area (Å²) in [6.07, 6.45) is 5.00. The van der Waals surface area contributed by atoms with Crippen molar-refractivity contribution in [3.8, 4) is 0 Å². The van der Waals surface area contributed by atoms with Crippen molar-refractivity contribution >= 4 is 17.7 Å². The lowest BCUT2D eigenvalue weighted by atomic mass is 10.2. The van der Waals surface area contributed by atoms with Crippen molar-refractivity contribution in [3.05, 3.63) is 48.1 Å². The van der Waals surface area contributed by atoms with E-state index in [1.54, 1.807) is 18.2 Å². The Balaban J connectivity index is 1.76. The Hall–Kier alpha value is -2.63. The molecule has 1 aromatic heterocycles. The van der Waals surface area contributed by atoms with E-state index >= 15 is 0 Å². The Morgan fingerprint density at radius 1 is 1.37 bits per heavy atom. The molecule has 3 N–H and O–H groups in total. The minimum atomic E-state index is -0.166. The van der Waals surface area contributed by atoms with Gasteiger partial charge in [-0.05, 0) is 23.8 Å². The number of amides is 1. The zero-order valence-electron chi connectivity index (χ0n) is 10.2. The lowest BCUT2D eigenvalue weighted by Gasteiger charge is -1.99. The zero-order valence-corrected chi connectivity index (χ0v) is 10.2. The van der Waals surface area contributed by atoms with Crippen molar-refractivity contribution in [2.75, 3.05) is 12.3 Å². The number of benzene rings is 1. The second kappa shape index (κ2) is 6.34. The van der Waals surface area contributed by atoms with E-state index in [1.807, 2.05) is 12.1 Å². The van der Waals surface area contributed by atoms with E-state index in [4.69, 9.17) is 5.73 Å². The van der Waals surface area contributed by atoms with E-state index in [-0.39, 0.29) is 5.91 Å². The number of anilines is 1. The summed E-state index contributed by atoms with van der Waals surface area (Å²) in [5.74, 6) is 0.406. The van der Waals surface area contributed by atoms with Crippen LogP contribution in [-0.2, 0) is 11.2 Å². The third kappa shape index (κ3) is 4.27. The van der Waals surface area contributed by atoms with Crippen LogP contribution in [0.5, 0.6) is 0 Å². The van der Waals surface area contributed by atoms with Crippen LogP contribution in [-0.4, -0.2) is 22.6 Å². The van der Waals surface area contributed by atoms with Gasteiger partial charge in [0, 0.05) is 24.7 Å². The van der Waals surface area contributed by atoms with E-state index in [1.165, 1.54) is 12.5 Å². The quantitative estimate of drug-likeness (QED) is 0.617. The van der Waals surface area contributed by atoms with Crippen molar-refractivity contribution < 1.29 is 9.32 Å². The molecular weight excluding hydrogens is 244 g/mol. The molecular formula is C13H14N4O2. The first-order valence-corrected chi connectivity index (χ1v) is 5.81. The molecule has 0 saturated heterocycles. The minimum absolute atomic E-state index is 0.166. The summed E-state index contributed by atoms with van der Waals surface area (Å²) < 4.78 is 4.59. The van der Waals surface area contributed by atoms with Crippen LogP contribution >= 0.6 is 0 Å². The smallest absolute Gasteiger partial charge is 0.244 e. The van der Waals surface area contributed by atoms with E-state index in [9.17, 15) is 4.79 Å². The molecule has 0 saturated carbocycles. The Labute approximate surface area is 110 Å². The fourth-order valence-electron chi connectivity index (χ4n) is 1.44. The number of hydrogen-bond donors (Lipinski definition) is 2. The van der Waals surface area contributed by atoms with Crippen molar-refractivity contribution in [2.24, 2.45) is 0 Å². The maximum absolute atomic E-state index is 11.5. The summed E-state index contributed by atoms with van der Waals surface area (Å²) in [7, 11) is 0. The van der Waals surface area contributed by atoms with Crippen LogP contribution < -0.4 is 11.1 Å². The van der Waals surface area contributed by atoms with Crippen LogP contribution in [0.4, 0.5) is 5.69 Å². The molecule has 0 bridgehead atoms. The van der Waals surface area contributed by atoms with Crippen LogP contribution in [0.15, 0.2) is 41.3 Å². The summed E-state index contributed by atoms with van der Waals surface area (Å²) in [5, 5.41) is 6.38. The average Bonchev–Trinajstić information content (AvgIpc) is 2.91. The molecule has 0 unspecified atom stereocenters. The number of nitrogens with one attached hydrogen (secondary N) is 1. The molecule has 2 aromatic rings. The molecule has 1 heterocycles. The van der Waals surface area contributed by atoms with Gasteiger partial charge < -0.3 is 15.6 Å². The molecule has 0 aliphatic carbocycles. The number of nitrogens with two attached hydrogens (primary N) is 1. The lowest BCUT2D eigenvalue weighted by molar-refractivity contribution is -0.116. The first-order valence-electron chi connectivity index (χ1n) is 5.81. The zero-order chi connectivity index (χ0) is 13.5. The third-order valence-corrected chi connectivity index (χ3v) is 2.42. The highest BCUT2D eigenvalue weighted by atomic mass is 16.5. The molecule has 98 valence electrons. The molecule has 6 heteroatoms. The Morgan fingerprint density at radius 2 is 2.16 bits per heavy atom. The molecule has 1 aromatic carbocycles. The molecule has 2 rings (SSSR count). The standard InChI is InChI=1S/C13H14N4O2/c14-11-4-1-10(2-5-11)3-6-13(18)15-8-7-12-16-9-19-17-12/h1-6,9H,7-8,14H2,(H,15,18)/b6-3+. The normalized spacial score (nSPS) is 10.7. The maximum Gasteiger partial charge on any atom is 0.244 e. The van der Waals surface area contributed by atoms with E-state index < -0.39 is 0 Å². The molecule has 0 atom stereocenters. The number of aromatic nitrogens is 2. The molecule has 0 aliphatic heterocycles. The molecule has 1 amide bonds. The topological polar surface area (TPSA) is 94.0 Å². The predicted octanol–water partition coefficient (Wildman–Crippen LogP) is 1.02. The van der Waals surface area contributed by atoms with E-state index in [2.05, 4.69) is 20.0 Å². The van der Waals surface area contributed by atoms with Gasteiger partial charge >= 0.3 is 0 Å². The molecule has 19 heavy (non-hydrogen) atoms. The summed E-state index contributed by atoms with van der Waals surface area (Å²) in [6, 6.07) is 7.26. The van der Waals surface area contributed by atoms with Gasteiger partial charge in [0.1, 0.15) is 0 Å². The Morgan fingerprint density at radius 3 is 2.84 bits per heavy atom. The number of nitrogen functional groups attached to an aromatic ring is 1. The van der Waals surface area contributed by atoms with Crippen LogP contribution in [0.25, 0.3) is 6.08 Å². The van der Waals surface area contributed by atoms with E-state index in [0.717, 1.165) is 5.56 Å². The first-order chi connectivity index (χ1) is 9.24. The summed E-state index contributed by atoms with van der Waals surface area (Å²) in [4.78, 5) is 15.4. The van der Waals surface area contributed by atoms with Gasteiger partial charge in [0.15, 0.2) is 5.82 Å². The fourth-order valence-corrected chi connectivity index (χ4v) is 1.44.